The molecule has 12 aromatic carbocycles. The summed E-state index contributed by atoms with van der Waals surface area (Å²) in [5, 5.41) is 2.54. The van der Waals surface area contributed by atoms with Crippen molar-refractivity contribution < 1.29 is 4.74 Å². The minimum absolute atomic E-state index is 0.0552. The van der Waals surface area contributed by atoms with E-state index in [-0.39, 0.29) is 44.6 Å². The van der Waals surface area contributed by atoms with Gasteiger partial charge in [-0.2, -0.15) is 0 Å². The van der Waals surface area contributed by atoms with Crippen LogP contribution in [-0.4, -0.2) is 11.3 Å². The van der Waals surface area contributed by atoms with E-state index in [4.69, 9.17) is 4.74 Å². The van der Waals surface area contributed by atoms with Crippen molar-refractivity contribution in [1.82, 2.24) is 4.57 Å². The van der Waals surface area contributed by atoms with Crippen LogP contribution in [-0.2, 0) is 43.3 Å². The van der Waals surface area contributed by atoms with E-state index in [0.29, 0.717) is 0 Å². The summed E-state index contributed by atoms with van der Waals surface area (Å²) in [5.41, 5.74) is 32.4. The molecular formula is C101H103BN2O. The minimum atomic E-state index is -0.945. The number of hydrogen-bond acceptors (Lipinski definition) is 2. The molecule has 526 valence electrons. The van der Waals surface area contributed by atoms with Crippen LogP contribution in [0.15, 0.2) is 243 Å². The molecule has 0 aliphatic carbocycles. The highest BCUT2D eigenvalue weighted by Gasteiger charge is 2.55. The molecule has 4 heterocycles. The Morgan fingerprint density at radius 1 is 0.286 bits per heavy atom. The number of hydrogen-bond donors (Lipinski definition) is 0. The Morgan fingerprint density at radius 3 is 1.14 bits per heavy atom. The fourth-order valence-corrected chi connectivity index (χ4v) is 17.1. The lowest BCUT2D eigenvalue weighted by Crippen LogP contribution is -2.65. The summed E-state index contributed by atoms with van der Waals surface area (Å²) in [4.78, 5) is 2.77. The first-order valence-corrected chi connectivity index (χ1v) is 38.3. The van der Waals surface area contributed by atoms with Gasteiger partial charge in [0.05, 0.1) is 22.1 Å². The second-order valence-electron chi connectivity index (χ2n) is 37.9. The molecule has 3 nitrogen and oxygen atoms in total. The molecule has 3 aliphatic heterocycles. The van der Waals surface area contributed by atoms with Gasteiger partial charge in [0.25, 0.3) is 0 Å². The number of fused-ring (bicyclic) bond motifs is 13. The highest BCUT2D eigenvalue weighted by atomic mass is 16.5. The van der Waals surface area contributed by atoms with Gasteiger partial charge in [-0.3, -0.25) is 0 Å². The summed E-state index contributed by atoms with van der Waals surface area (Å²) in [7, 11) is 0. The molecule has 0 N–H and O–H groups in total. The molecule has 3 aliphatic rings. The van der Waals surface area contributed by atoms with Crippen LogP contribution in [0.2, 0.25) is 0 Å². The number of ether oxygens (including phenoxy) is 1. The van der Waals surface area contributed by atoms with Crippen LogP contribution in [0.4, 0.5) is 17.1 Å². The molecule has 13 aromatic rings. The molecular weight excluding hydrogens is 1270 g/mol. The van der Waals surface area contributed by atoms with E-state index in [2.05, 4.69) is 398 Å². The lowest BCUT2D eigenvalue weighted by Gasteiger charge is -2.51. The average molecular weight is 1370 g/mol. The fraction of sp³-hybridized carbons (Fsp3) is 0.287. The van der Waals surface area contributed by atoms with E-state index in [9.17, 15) is 0 Å². The third-order valence-electron chi connectivity index (χ3n) is 23.3. The molecule has 0 unspecified atom stereocenters. The Morgan fingerprint density at radius 2 is 0.686 bits per heavy atom. The second kappa shape index (κ2) is 24.1. The molecule has 0 amide bonds. The SMILES string of the molecule is CC(C)(C)c1cc(-c2ccc3c(c2)N(c2c(-c4ccccc4)cc(C(C)(C)C)cc2-c2ccccc2)c2cc(-c4cc(C(C)(C)C)cc(C(C)(C)C)c4)cc4c2B3c2ccc(-n3c5ccc(C(C)(C)C)cc5c5cc(C(C)(C)C)ccc53)cc2C42c3ccccc3Oc3ccccc32)cc(C(C)(C)C)c1. The molecule has 1 aromatic heterocycles. The van der Waals surface area contributed by atoms with E-state index in [1.807, 2.05) is 0 Å². The molecule has 0 radical (unpaired) electrons. The maximum atomic E-state index is 7.36. The molecule has 0 fully saturated rings. The highest BCUT2D eigenvalue weighted by Crippen LogP contribution is 2.60. The Labute approximate surface area is 626 Å². The van der Waals surface area contributed by atoms with E-state index >= 15 is 0 Å². The first-order valence-electron chi connectivity index (χ1n) is 38.3. The van der Waals surface area contributed by atoms with Crippen molar-refractivity contribution in [2.75, 3.05) is 4.90 Å². The van der Waals surface area contributed by atoms with Gasteiger partial charge in [-0.25, -0.2) is 0 Å². The topological polar surface area (TPSA) is 17.4 Å². The number of aromatic nitrogens is 1. The summed E-state index contributed by atoms with van der Waals surface area (Å²) in [6.45, 7) is 49.3. The van der Waals surface area contributed by atoms with Gasteiger partial charge in [0, 0.05) is 50.1 Å². The number of para-hydroxylation sites is 2. The number of anilines is 3. The second-order valence-corrected chi connectivity index (χ2v) is 37.9. The van der Waals surface area contributed by atoms with Gasteiger partial charge in [0.1, 0.15) is 11.5 Å². The normalized spacial score (nSPS) is 14.3. The van der Waals surface area contributed by atoms with Gasteiger partial charge in [0.15, 0.2) is 0 Å². The van der Waals surface area contributed by atoms with E-state index in [1.54, 1.807) is 0 Å². The van der Waals surface area contributed by atoms with Crippen LogP contribution in [0.3, 0.4) is 0 Å². The molecule has 4 heteroatoms. The van der Waals surface area contributed by atoms with Gasteiger partial charge in [-0.1, -0.05) is 315 Å². The van der Waals surface area contributed by atoms with Gasteiger partial charge in [-0.05, 0) is 211 Å². The quantitative estimate of drug-likeness (QED) is 0.154. The Balaban J connectivity index is 1.13. The average Bonchev–Trinajstić information content (AvgIpc) is 0.937. The molecule has 0 saturated carbocycles. The third kappa shape index (κ3) is 11.6. The number of benzene rings is 12. The zero-order valence-corrected chi connectivity index (χ0v) is 66.0. The first-order chi connectivity index (χ1) is 49.5. The fourth-order valence-electron chi connectivity index (χ4n) is 17.1. The molecule has 0 bridgehead atoms. The maximum Gasteiger partial charge on any atom is 0.247 e. The largest absolute Gasteiger partial charge is 0.457 e. The van der Waals surface area contributed by atoms with Crippen LogP contribution in [0, 0.1) is 0 Å². The summed E-state index contributed by atoms with van der Waals surface area (Å²) in [6.07, 6.45) is 0. The van der Waals surface area contributed by atoms with Crippen molar-refractivity contribution in [2.24, 2.45) is 0 Å². The van der Waals surface area contributed by atoms with E-state index in [1.165, 1.54) is 116 Å². The molecule has 16 rings (SSSR count). The summed E-state index contributed by atoms with van der Waals surface area (Å²) >= 11 is 0. The van der Waals surface area contributed by atoms with Crippen LogP contribution >= 0.6 is 0 Å². The monoisotopic (exact) mass is 1370 g/mol. The van der Waals surface area contributed by atoms with E-state index < -0.39 is 5.41 Å². The van der Waals surface area contributed by atoms with Crippen molar-refractivity contribution >= 4 is 62.0 Å². The molecule has 0 saturated heterocycles. The zero-order chi connectivity index (χ0) is 74.2. The van der Waals surface area contributed by atoms with Gasteiger partial charge in [0.2, 0.25) is 6.71 Å². The minimum Gasteiger partial charge on any atom is -0.457 e. The maximum absolute atomic E-state index is 7.36. The van der Waals surface area contributed by atoms with Crippen molar-refractivity contribution in [3.05, 3.63) is 304 Å². The van der Waals surface area contributed by atoms with Crippen molar-refractivity contribution in [3.8, 4) is 61.7 Å². The predicted molar refractivity (Wildman–Crippen MR) is 451 cm³/mol. The van der Waals surface area contributed by atoms with Crippen LogP contribution in [0.5, 0.6) is 11.5 Å². The Bertz CT molecular complexity index is 5430. The summed E-state index contributed by atoms with van der Waals surface area (Å²) in [5.74, 6) is 1.72. The Kier molecular flexibility index (Phi) is 15.9. The van der Waals surface area contributed by atoms with Gasteiger partial charge < -0.3 is 14.2 Å². The summed E-state index contributed by atoms with van der Waals surface area (Å²) in [6, 6.07) is 95.5. The molecule has 1 spiro atoms. The summed E-state index contributed by atoms with van der Waals surface area (Å²) < 4.78 is 9.94. The van der Waals surface area contributed by atoms with Gasteiger partial charge in [-0.15, -0.1) is 0 Å². The standard InChI is InChI=1S/C101H103BN2O/c1-94(2,3)68-41-46-86-78(57-68)79-58-69(95(4,5)6)42-47-87(79)103(86)75-43-45-84-82(61-75)101(80-36-28-30-38-90(80)105-91-39-31-29-37-81(91)101)83-52-67(66-50-72(98(13,14)15)56-73(51-66)99(16,17)18)54-89-92(83)102(84)85-44-40-64(65-48-70(96(7,8)9)55-71(49-65)97(10,11)12)53-88(85)104(89)93-76(62-32-24-22-25-33-62)59-74(100(19,20)21)60-77(93)63-34-26-23-27-35-63/h22-61H,1-21H3. The van der Waals surface area contributed by atoms with Crippen LogP contribution in [0.25, 0.3) is 72.0 Å². The highest BCUT2D eigenvalue weighted by molar-refractivity contribution is 6.99. The first kappa shape index (κ1) is 69.5. The zero-order valence-electron chi connectivity index (χ0n) is 66.0. The lowest BCUT2D eigenvalue weighted by atomic mass is 9.29. The van der Waals surface area contributed by atoms with Crippen LogP contribution in [0.1, 0.15) is 207 Å². The smallest absolute Gasteiger partial charge is 0.247 e. The van der Waals surface area contributed by atoms with Crippen molar-refractivity contribution in [1.29, 1.82) is 0 Å². The number of rotatable bonds is 6. The lowest BCUT2D eigenvalue weighted by molar-refractivity contribution is 0.435. The third-order valence-corrected chi connectivity index (χ3v) is 23.3. The Hall–Kier alpha value is -9.90. The predicted octanol–water partition coefficient (Wildman–Crippen LogP) is 25.6. The van der Waals surface area contributed by atoms with Crippen LogP contribution < -0.4 is 26.0 Å². The van der Waals surface area contributed by atoms with Crippen molar-refractivity contribution in [3.63, 3.8) is 0 Å². The molecule has 105 heavy (non-hydrogen) atoms. The molecule has 0 atom stereocenters. The number of nitrogens with zero attached hydrogens (tertiary/aromatic N) is 2. The van der Waals surface area contributed by atoms with E-state index in [0.717, 1.165) is 62.1 Å². The van der Waals surface area contributed by atoms with Gasteiger partial charge >= 0.3 is 0 Å². The van der Waals surface area contributed by atoms with Crippen molar-refractivity contribution in [2.45, 2.75) is 189 Å².